The number of hydrogen-bond donors (Lipinski definition) is 0. The summed E-state index contributed by atoms with van der Waals surface area (Å²) in [5.41, 5.74) is 1.90. The molecule has 1 rings (SSSR count). The van der Waals surface area contributed by atoms with Crippen LogP contribution in [0.5, 0.6) is 5.75 Å². The van der Waals surface area contributed by atoms with Gasteiger partial charge in [0.2, 0.25) is 0 Å². The molecule has 0 aromatic heterocycles. The molecular formula is C12H13NO. The first kappa shape index (κ1) is 10.3. The molecule has 72 valence electrons. The van der Waals surface area contributed by atoms with E-state index in [2.05, 4.69) is 12.6 Å². The van der Waals surface area contributed by atoms with Crippen LogP contribution in [0.3, 0.4) is 0 Å². The van der Waals surface area contributed by atoms with Crippen LogP contribution >= 0.6 is 0 Å². The minimum atomic E-state index is 0.381. The molecule has 0 aliphatic carbocycles. The normalized spacial score (nSPS) is 9.14. The van der Waals surface area contributed by atoms with Crippen LogP contribution in [-0.4, -0.2) is 6.61 Å². The molecule has 0 N–H and O–H groups in total. The number of nitriles is 1. The quantitative estimate of drug-likeness (QED) is 0.679. The standard InChI is InChI=1S/C12H13NO/c1-10(2)9-14-12-6-4-3-5-11(12)7-8-13/h3-6H,1,7,9H2,2H3. The summed E-state index contributed by atoms with van der Waals surface area (Å²) in [5.74, 6) is 0.775. The Morgan fingerprint density at radius 2 is 2.21 bits per heavy atom. The van der Waals surface area contributed by atoms with E-state index < -0.39 is 0 Å². The van der Waals surface area contributed by atoms with Gasteiger partial charge in [0.25, 0.3) is 0 Å². The van der Waals surface area contributed by atoms with Gasteiger partial charge in [0, 0.05) is 5.56 Å². The lowest BCUT2D eigenvalue weighted by Crippen LogP contribution is -2.00. The number of para-hydroxylation sites is 1. The third-order valence-corrected chi connectivity index (χ3v) is 1.72. The Hall–Kier alpha value is -1.75. The van der Waals surface area contributed by atoms with Crippen molar-refractivity contribution in [2.45, 2.75) is 13.3 Å². The van der Waals surface area contributed by atoms with Gasteiger partial charge in [-0.3, -0.25) is 0 Å². The number of rotatable bonds is 4. The van der Waals surface area contributed by atoms with Crippen molar-refractivity contribution in [1.82, 2.24) is 0 Å². The SMILES string of the molecule is C=C(C)COc1ccccc1CC#N. The molecule has 2 nitrogen and oxygen atoms in total. The third-order valence-electron chi connectivity index (χ3n) is 1.72. The van der Waals surface area contributed by atoms with Gasteiger partial charge in [0.1, 0.15) is 12.4 Å². The highest BCUT2D eigenvalue weighted by Crippen LogP contribution is 2.18. The summed E-state index contributed by atoms with van der Waals surface area (Å²) in [6, 6.07) is 9.68. The first-order valence-corrected chi connectivity index (χ1v) is 4.46. The molecule has 2 heteroatoms. The molecule has 0 saturated carbocycles. The van der Waals surface area contributed by atoms with E-state index in [-0.39, 0.29) is 0 Å². The molecule has 1 aromatic carbocycles. The van der Waals surface area contributed by atoms with E-state index in [4.69, 9.17) is 10.00 Å². The zero-order chi connectivity index (χ0) is 10.4. The van der Waals surface area contributed by atoms with Crippen molar-refractivity contribution in [3.05, 3.63) is 42.0 Å². The highest BCUT2D eigenvalue weighted by Gasteiger charge is 2.01. The van der Waals surface area contributed by atoms with Gasteiger partial charge >= 0.3 is 0 Å². The number of benzene rings is 1. The molecule has 0 heterocycles. The van der Waals surface area contributed by atoms with Crippen molar-refractivity contribution in [3.63, 3.8) is 0 Å². The van der Waals surface area contributed by atoms with E-state index in [1.807, 2.05) is 31.2 Å². The Balaban J connectivity index is 2.74. The zero-order valence-corrected chi connectivity index (χ0v) is 8.29. The average Bonchev–Trinajstić information content (AvgIpc) is 2.17. The molecule has 0 unspecified atom stereocenters. The summed E-state index contributed by atoms with van der Waals surface area (Å²) in [5, 5.41) is 8.60. The lowest BCUT2D eigenvalue weighted by Gasteiger charge is -2.08. The molecule has 1 aromatic rings. The van der Waals surface area contributed by atoms with Crippen LogP contribution in [0.2, 0.25) is 0 Å². The van der Waals surface area contributed by atoms with E-state index in [9.17, 15) is 0 Å². The van der Waals surface area contributed by atoms with Crippen molar-refractivity contribution < 1.29 is 4.74 Å². The molecule has 14 heavy (non-hydrogen) atoms. The number of hydrogen-bond acceptors (Lipinski definition) is 2. The maximum atomic E-state index is 8.60. The Morgan fingerprint density at radius 3 is 2.86 bits per heavy atom. The second kappa shape index (κ2) is 5.08. The molecule has 0 radical (unpaired) electrons. The molecule has 0 amide bonds. The van der Waals surface area contributed by atoms with E-state index in [1.54, 1.807) is 0 Å². The summed E-state index contributed by atoms with van der Waals surface area (Å²) >= 11 is 0. The second-order valence-electron chi connectivity index (χ2n) is 3.19. The highest BCUT2D eigenvalue weighted by atomic mass is 16.5. The second-order valence-corrected chi connectivity index (χ2v) is 3.19. The largest absolute Gasteiger partial charge is 0.489 e. The van der Waals surface area contributed by atoms with Gasteiger partial charge in [-0.2, -0.15) is 5.26 Å². The van der Waals surface area contributed by atoms with Crippen LogP contribution in [0.4, 0.5) is 0 Å². The highest BCUT2D eigenvalue weighted by molar-refractivity contribution is 5.35. The van der Waals surface area contributed by atoms with Crippen LogP contribution in [0, 0.1) is 11.3 Å². The maximum absolute atomic E-state index is 8.60. The van der Waals surface area contributed by atoms with Gasteiger partial charge < -0.3 is 4.74 Å². The van der Waals surface area contributed by atoms with E-state index in [0.717, 1.165) is 16.9 Å². The number of ether oxygens (including phenoxy) is 1. The molecule has 0 atom stereocenters. The first-order valence-electron chi connectivity index (χ1n) is 4.46. The fraction of sp³-hybridized carbons (Fsp3) is 0.250. The minimum absolute atomic E-state index is 0.381. The predicted molar refractivity (Wildman–Crippen MR) is 56.1 cm³/mol. The topological polar surface area (TPSA) is 33.0 Å². The summed E-state index contributed by atoms with van der Waals surface area (Å²) in [6.45, 7) is 6.17. The van der Waals surface area contributed by atoms with Crippen molar-refractivity contribution in [2.24, 2.45) is 0 Å². The Bertz CT molecular complexity index is 363. The van der Waals surface area contributed by atoms with Crippen molar-refractivity contribution in [3.8, 4) is 11.8 Å². The molecule has 0 aliphatic heterocycles. The fourth-order valence-corrected chi connectivity index (χ4v) is 1.08. The third kappa shape index (κ3) is 2.95. The van der Waals surface area contributed by atoms with E-state index in [1.165, 1.54) is 0 Å². The van der Waals surface area contributed by atoms with Gasteiger partial charge in [0.15, 0.2) is 0 Å². The fourth-order valence-electron chi connectivity index (χ4n) is 1.08. The van der Waals surface area contributed by atoms with Crippen molar-refractivity contribution >= 4 is 0 Å². The molecule has 0 bridgehead atoms. The average molecular weight is 187 g/mol. The lowest BCUT2D eigenvalue weighted by molar-refractivity contribution is 0.349. The Kier molecular flexibility index (Phi) is 3.75. The molecule has 0 aliphatic rings. The molecule has 0 fully saturated rings. The van der Waals surface area contributed by atoms with Crippen LogP contribution < -0.4 is 4.74 Å². The van der Waals surface area contributed by atoms with Gasteiger partial charge in [0.05, 0.1) is 12.5 Å². The van der Waals surface area contributed by atoms with Crippen LogP contribution in [0.1, 0.15) is 12.5 Å². The minimum Gasteiger partial charge on any atom is -0.489 e. The molecule has 0 spiro atoms. The van der Waals surface area contributed by atoms with Gasteiger partial charge in [-0.05, 0) is 18.6 Å². The smallest absolute Gasteiger partial charge is 0.124 e. The van der Waals surface area contributed by atoms with Crippen molar-refractivity contribution in [1.29, 1.82) is 5.26 Å². The monoisotopic (exact) mass is 187 g/mol. The summed E-state index contributed by atoms with van der Waals surface area (Å²) in [7, 11) is 0. The lowest BCUT2D eigenvalue weighted by atomic mass is 10.1. The Morgan fingerprint density at radius 1 is 1.50 bits per heavy atom. The maximum Gasteiger partial charge on any atom is 0.124 e. The Labute approximate surface area is 84.4 Å². The van der Waals surface area contributed by atoms with E-state index >= 15 is 0 Å². The van der Waals surface area contributed by atoms with E-state index in [0.29, 0.717) is 13.0 Å². The van der Waals surface area contributed by atoms with Crippen LogP contribution in [-0.2, 0) is 6.42 Å². The van der Waals surface area contributed by atoms with Gasteiger partial charge in [-0.15, -0.1) is 0 Å². The summed E-state index contributed by atoms with van der Waals surface area (Å²) in [4.78, 5) is 0. The van der Waals surface area contributed by atoms with Crippen LogP contribution in [0.25, 0.3) is 0 Å². The number of nitrogens with zero attached hydrogens (tertiary/aromatic N) is 1. The molecule has 0 saturated heterocycles. The van der Waals surface area contributed by atoms with Crippen molar-refractivity contribution in [2.75, 3.05) is 6.61 Å². The van der Waals surface area contributed by atoms with Gasteiger partial charge in [-0.1, -0.05) is 24.8 Å². The summed E-state index contributed by atoms with van der Waals surface area (Å²) in [6.07, 6.45) is 0.381. The van der Waals surface area contributed by atoms with Crippen LogP contribution in [0.15, 0.2) is 36.4 Å². The summed E-state index contributed by atoms with van der Waals surface area (Å²) < 4.78 is 5.50. The molecular weight excluding hydrogens is 174 g/mol. The first-order chi connectivity index (χ1) is 6.74. The predicted octanol–water partition coefficient (Wildman–Crippen LogP) is 2.71. The zero-order valence-electron chi connectivity index (χ0n) is 8.29. The van der Waals surface area contributed by atoms with Gasteiger partial charge in [-0.25, -0.2) is 0 Å².